The molecule has 0 saturated heterocycles. The van der Waals surface area contributed by atoms with Gasteiger partial charge in [-0.3, -0.25) is 25.0 Å². The van der Waals surface area contributed by atoms with Gasteiger partial charge in [0, 0.05) is 11.6 Å². The molecular formula is C21H18N4O5. The summed E-state index contributed by atoms with van der Waals surface area (Å²) in [6.45, 7) is 1.81. The monoisotopic (exact) mass is 406 g/mol. The van der Waals surface area contributed by atoms with Crippen LogP contribution in [0.4, 0.5) is 22.7 Å². The number of nitro benzene ring substituents is 2. The van der Waals surface area contributed by atoms with Gasteiger partial charge in [0.25, 0.3) is 17.3 Å². The van der Waals surface area contributed by atoms with Crippen molar-refractivity contribution in [3.05, 3.63) is 104 Å². The fourth-order valence-electron chi connectivity index (χ4n) is 2.94. The van der Waals surface area contributed by atoms with Crippen molar-refractivity contribution in [2.24, 2.45) is 0 Å². The third-order valence-electron chi connectivity index (χ3n) is 4.46. The summed E-state index contributed by atoms with van der Waals surface area (Å²) in [5.74, 6) is -0.561. The van der Waals surface area contributed by atoms with E-state index in [2.05, 4.69) is 10.6 Å². The van der Waals surface area contributed by atoms with E-state index in [4.69, 9.17) is 0 Å². The maximum Gasteiger partial charge on any atom is 0.299 e. The number of nitro groups is 2. The lowest BCUT2D eigenvalue weighted by atomic mass is 10.1. The van der Waals surface area contributed by atoms with E-state index in [0.29, 0.717) is 5.56 Å². The molecule has 0 aromatic heterocycles. The summed E-state index contributed by atoms with van der Waals surface area (Å²) < 4.78 is 0. The molecule has 3 aromatic rings. The molecule has 1 atom stereocenters. The Morgan fingerprint density at radius 2 is 1.37 bits per heavy atom. The Balaban J connectivity index is 2.01. The third-order valence-corrected chi connectivity index (χ3v) is 4.46. The minimum absolute atomic E-state index is 0.0605. The van der Waals surface area contributed by atoms with Gasteiger partial charge in [-0.1, -0.05) is 48.5 Å². The highest BCUT2D eigenvalue weighted by atomic mass is 16.6. The van der Waals surface area contributed by atoms with E-state index in [-0.39, 0.29) is 17.4 Å². The molecule has 1 unspecified atom stereocenters. The van der Waals surface area contributed by atoms with Crippen molar-refractivity contribution in [1.29, 1.82) is 0 Å². The summed E-state index contributed by atoms with van der Waals surface area (Å²) in [4.78, 5) is 34.0. The summed E-state index contributed by atoms with van der Waals surface area (Å²) in [5.41, 5.74) is 0.0796. The second kappa shape index (κ2) is 8.82. The number of anilines is 2. The SMILES string of the molecule is CC(Nc1cc(NC(=O)c2ccccc2)c([N+](=O)[O-])cc1[N+](=O)[O-])c1ccccc1. The number of carbonyl (C=O) groups is 1. The molecule has 9 nitrogen and oxygen atoms in total. The first kappa shape index (κ1) is 20.5. The third kappa shape index (κ3) is 4.58. The summed E-state index contributed by atoms with van der Waals surface area (Å²) in [6, 6.07) is 19.2. The van der Waals surface area contributed by atoms with E-state index in [9.17, 15) is 25.0 Å². The summed E-state index contributed by atoms with van der Waals surface area (Å²) in [7, 11) is 0. The Kier molecular flexibility index (Phi) is 6.02. The molecule has 0 saturated carbocycles. The normalized spacial score (nSPS) is 11.4. The van der Waals surface area contributed by atoms with Gasteiger partial charge >= 0.3 is 0 Å². The number of amides is 1. The quantitative estimate of drug-likeness (QED) is 0.423. The first-order valence-corrected chi connectivity index (χ1v) is 9.01. The van der Waals surface area contributed by atoms with Gasteiger partial charge < -0.3 is 10.6 Å². The molecule has 0 fully saturated rings. The lowest BCUT2D eigenvalue weighted by Gasteiger charge is -2.17. The number of hydrogen-bond donors (Lipinski definition) is 2. The smallest absolute Gasteiger partial charge is 0.299 e. The molecule has 9 heteroatoms. The standard InChI is InChI=1S/C21H18N4O5/c1-14(15-8-4-2-5-9-15)22-17-12-18(20(25(29)30)13-19(17)24(27)28)23-21(26)16-10-6-3-7-11-16/h2-14,22H,1H3,(H,23,26). The minimum atomic E-state index is -0.766. The van der Waals surface area contributed by atoms with Crippen LogP contribution in [-0.2, 0) is 0 Å². The summed E-state index contributed by atoms with van der Waals surface area (Å²) >= 11 is 0. The van der Waals surface area contributed by atoms with Gasteiger partial charge in [0.05, 0.1) is 15.9 Å². The molecule has 30 heavy (non-hydrogen) atoms. The van der Waals surface area contributed by atoms with Gasteiger partial charge in [-0.15, -0.1) is 0 Å². The zero-order valence-corrected chi connectivity index (χ0v) is 15.9. The van der Waals surface area contributed by atoms with E-state index >= 15 is 0 Å². The number of benzene rings is 3. The molecule has 0 aliphatic carbocycles. The number of nitrogens with one attached hydrogen (secondary N) is 2. The molecule has 3 rings (SSSR count). The Morgan fingerprint density at radius 1 is 0.833 bits per heavy atom. The Hall–Kier alpha value is -4.27. The lowest BCUT2D eigenvalue weighted by molar-refractivity contribution is -0.393. The maximum atomic E-state index is 12.5. The van der Waals surface area contributed by atoms with Crippen LogP contribution < -0.4 is 10.6 Å². The van der Waals surface area contributed by atoms with Crippen molar-refractivity contribution in [3.8, 4) is 0 Å². The van der Waals surface area contributed by atoms with Crippen LogP contribution in [0.2, 0.25) is 0 Å². The largest absolute Gasteiger partial charge is 0.373 e. The van der Waals surface area contributed by atoms with Gasteiger partial charge in [-0.25, -0.2) is 0 Å². The van der Waals surface area contributed by atoms with Crippen LogP contribution in [0.25, 0.3) is 0 Å². The highest BCUT2D eigenvalue weighted by Gasteiger charge is 2.26. The average molecular weight is 406 g/mol. The van der Waals surface area contributed by atoms with Gasteiger partial charge in [0.15, 0.2) is 0 Å². The second-order valence-electron chi connectivity index (χ2n) is 6.50. The average Bonchev–Trinajstić information content (AvgIpc) is 2.74. The first-order valence-electron chi connectivity index (χ1n) is 9.01. The zero-order valence-electron chi connectivity index (χ0n) is 15.9. The predicted octanol–water partition coefficient (Wildman–Crippen LogP) is 4.93. The summed E-state index contributed by atoms with van der Waals surface area (Å²) in [5, 5.41) is 28.5. The molecule has 0 heterocycles. The highest BCUT2D eigenvalue weighted by molar-refractivity contribution is 6.06. The van der Waals surface area contributed by atoms with Crippen LogP contribution in [0.3, 0.4) is 0 Å². The molecule has 152 valence electrons. The van der Waals surface area contributed by atoms with Gasteiger partial charge in [0.1, 0.15) is 11.4 Å². The fraction of sp³-hybridized carbons (Fsp3) is 0.0952. The molecule has 3 aromatic carbocycles. The Labute approximate surface area is 171 Å². The van der Waals surface area contributed by atoms with Crippen LogP contribution in [0, 0.1) is 20.2 Å². The molecule has 0 aliphatic heterocycles. The van der Waals surface area contributed by atoms with E-state index < -0.39 is 27.1 Å². The molecule has 1 amide bonds. The Morgan fingerprint density at radius 3 is 1.93 bits per heavy atom. The molecule has 0 spiro atoms. The van der Waals surface area contributed by atoms with Crippen molar-refractivity contribution in [3.63, 3.8) is 0 Å². The van der Waals surface area contributed by atoms with E-state index in [0.717, 1.165) is 11.6 Å². The molecule has 0 aliphatic rings. The topological polar surface area (TPSA) is 127 Å². The second-order valence-corrected chi connectivity index (χ2v) is 6.50. The van der Waals surface area contributed by atoms with Crippen LogP contribution in [0.15, 0.2) is 72.8 Å². The van der Waals surface area contributed by atoms with Crippen LogP contribution in [0.1, 0.15) is 28.9 Å². The first-order chi connectivity index (χ1) is 14.4. The van der Waals surface area contributed by atoms with Crippen molar-refractivity contribution in [1.82, 2.24) is 0 Å². The fourth-order valence-corrected chi connectivity index (χ4v) is 2.94. The van der Waals surface area contributed by atoms with Crippen molar-refractivity contribution >= 4 is 28.7 Å². The molecule has 0 bridgehead atoms. The molecule has 2 N–H and O–H groups in total. The number of rotatable bonds is 7. The molecule has 0 radical (unpaired) electrons. The maximum absolute atomic E-state index is 12.5. The zero-order chi connectivity index (χ0) is 21.7. The van der Waals surface area contributed by atoms with Crippen molar-refractivity contribution < 1.29 is 14.6 Å². The number of hydrogen-bond acceptors (Lipinski definition) is 6. The van der Waals surface area contributed by atoms with Crippen molar-refractivity contribution in [2.75, 3.05) is 10.6 Å². The van der Waals surface area contributed by atoms with Crippen LogP contribution >= 0.6 is 0 Å². The highest BCUT2D eigenvalue weighted by Crippen LogP contribution is 2.37. The lowest BCUT2D eigenvalue weighted by Crippen LogP contribution is -2.14. The van der Waals surface area contributed by atoms with Crippen LogP contribution in [-0.4, -0.2) is 15.8 Å². The predicted molar refractivity (Wildman–Crippen MR) is 113 cm³/mol. The van der Waals surface area contributed by atoms with Gasteiger partial charge in [-0.2, -0.15) is 0 Å². The number of carbonyl (C=O) groups excluding carboxylic acids is 1. The van der Waals surface area contributed by atoms with Gasteiger partial charge in [0.2, 0.25) is 0 Å². The van der Waals surface area contributed by atoms with E-state index in [1.807, 2.05) is 37.3 Å². The minimum Gasteiger partial charge on any atom is -0.373 e. The van der Waals surface area contributed by atoms with Crippen LogP contribution in [0.5, 0.6) is 0 Å². The molecular weight excluding hydrogens is 388 g/mol. The Bertz CT molecular complexity index is 1090. The van der Waals surface area contributed by atoms with E-state index in [1.165, 1.54) is 6.07 Å². The van der Waals surface area contributed by atoms with Crippen molar-refractivity contribution in [2.45, 2.75) is 13.0 Å². The van der Waals surface area contributed by atoms with Gasteiger partial charge in [-0.05, 0) is 30.7 Å². The van der Waals surface area contributed by atoms with E-state index in [1.54, 1.807) is 30.3 Å². The number of nitrogens with zero attached hydrogens (tertiary/aromatic N) is 2. The summed E-state index contributed by atoms with van der Waals surface area (Å²) in [6.07, 6.45) is 0.